The molecule has 0 spiro atoms. The largest absolute Gasteiger partial charge is 0.440 e. The van der Waals surface area contributed by atoms with Crippen molar-refractivity contribution in [1.82, 2.24) is 15.3 Å². The van der Waals surface area contributed by atoms with Crippen LogP contribution in [0.5, 0.6) is 0 Å². The second kappa shape index (κ2) is 7.51. The summed E-state index contributed by atoms with van der Waals surface area (Å²) in [6.07, 6.45) is 5.90. The summed E-state index contributed by atoms with van der Waals surface area (Å²) in [6, 6.07) is 3.81. The highest BCUT2D eigenvalue weighted by Gasteiger charge is 2.24. The van der Waals surface area contributed by atoms with E-state index in [0.29, 0.717) is 19.1 Å². The van der Waals surface area contributed by atoms with Gasteiger partial charge < -0.3 is 24.9 Å². The number of pyridine rings is 1. The monoisotopic (exact) mass is 344 g/mol. The van der Waals surface area contributed by atoms with Gasteiger partial charge in [-0.1, -0.05) is 0 Å². The van der Waals surface area contributed by atoms with Crippen LogP contribution in [0, 0.1) is 0 Å². The zero-order chi connectivity index (χ0) is 17.1. The highest BCUT2D eigenvalue weighted by Crippen LogP contribution is 2.29. The summed E-state index contributed by atoms with van der Waals surface area (Å²) in [5, 5.41) is 16.7. The minimum Gasteiger partial charge on any atom is -0.440 e. The lowest BCUT2D eigenvalue weighted by molar-refractivity contribution is -0.0135. The molecule has 0 bridgehead atoms. The first-order valence-electron chi connectivity index (χ1n) is 8.95. The zero-order valence-electron chi connectivity index (χ0n) is 14.1. The molecule has 7 heteroatoms. The van der Waals surface area contributed by atoms with Crippen molar-refractivity contribution in [2.75, 3.05) is 31.6 Å². The Kier molecular flexibility index (Phi) is 4.96. The summed E-state index contributed by atoms with van der Waals surface area (Å²) in [4.78, 5) is 8.84. The van der Waals surface area contributed by atoms with E-state index in [1.807, 2.05) is 12.1 Å². The van der Waals surface area contributed by atoms with Crippen LogP contribution in [0.25, 0.3) is 11.3 Å². The van der Waals surface area contributed by atoms with Crippen molar-refractivity contribution in [2.24, 2.45) is 0 Å². The molecule has 2 atom stereocenters. The Balaban J connectivity index is 1.48. The maximum atomic E-state index is 10.0. The standard InChI is InChI=1S/C18H24N4O3/c23-15-11-24-8-4-14(15)22-17-9-13(3-7-20-17)16-10-21-18(25-16)12-1-5-19-6-2-12/h3,7,9-10,12,14-15,19,23H,1-2,4-6,8,11H2,(H,20,22)/t14-,15-/m1/s1. The highest BCUT2D eigenvalue weighted by atomic mass is 16.5. The topological polar surface area (TPSA) is 92.4 Å². The first-order chi connectivity index (χ1) is 12.3. The molecule has 4 heterocycles. The minimum atomic E-state index is -0.518. The molecule has 3 N–H and O–H groups in total. The molecule has 2 aliphatic rings. The van der Waals surface area contributed by atoms with Gasteiger partial charge in [0, 0.05) is 24.3 Å². The van der Waals surface area contributed by atoms with E-state index in [2.05, 4.69) is 20.6 Å². The predicted octanol–water partition coefficient (Wildman–Crippen LogP) is 1.77. The van der Waals surface area contributed by atoms with Crippen molar-refractivity contribution >= 4 is 5.82 Å². The molecule has 2 aromatic rings. The lowest BCUT2D eigenvalue weighted by atomic mass is 9.98. The van der Waals surface area contributed by atoms with Crippen molar-refractivity contribution in [3.05, 3.63) is 30.4 Å². The lowest BCUT2D eigenvalue weighted by Gasteiger charge is -2.28. The maximum absolute atomic E-state index is 10.0. The molecule has 7 nitrogen and oxygen atoms in total. The van der Waals surface area contributed by atoms with Crippen molar-refractivity contribution in [1.29, 1.82) is 0 Å². The summed E-state index contributed by atoms with van der Waals surface area (Å²) >= 11 is 0. The molecule has 2 saturated heterocycles. The van der Waals surface area contributed by atoms with Crippen molar-refractivity contribution in [2.45, 2.75) is 37.3 Å². The Bertz CT molecular complexity index is 699. The number of rotatable bonds is 4. The molecular formula is C18H24N4O3. The number of anilines is 1. The van der Waals surface area contributed by atoms with Crippen molar-refractivity contribution in [3.8, 4) is 11.3 Å². The third-order valence-corrected chi connectivity index (χ3v) is 4.92. The van der Waals surface area contributed by atoms with Crippen LogP contribution >= 0.6 is 0 Å². The van der Waals surface area contributed by atoms with E-state index in [9.17, 15) is 5.11 Å². The second-order valence-corrected chi connectivity index (χ2v) is 6.70. The number of ether oxygens (including phenoxy) is 1. The molecule has 0 radical (unpaired) electrons. The predicted molar refractivity (Wildman–Crippen MR) is 93.4 cm³/mol. The molecule has 25 heavy (non-hydrogen) atoms. The smallest absolute Gasteiger partial charge is 0.198 e. The maximum Gasteiger partial charge on any atom is 0.198 e. The lowest BCUT2D eigenvalue weighted by Crippen LogP contribution is -2.42. The molecule has 2 aliphatic heterocycles. The fourth-order valence-electron chi connectivity index (χ4n) is 3.42. The third-order valence-electron chi connectivity index (χ3n) is 4.92. The highest BCUT2D eigenvalue weighted by molar-refractivity contribution is 5.60. The van der Waals surface area contributed by atoms with Gasteiger partial charge in [0.25, 0.3) is 0 Å². The summed E-state index contributed by atoms with van der Waals surface area (Å²) in [5.41, 5.74) is 0.937. The number of hydrogen-bond donors (Lipinski definition) is 3. The van der Waals surface area contributed by atoms with E-state index in [1.165, 1.54) is 0 Å². The average Bonchev–Trinajstić information content (AvgIpc) is 3.15. The van der Waals surface area contributed by atoms with Gasteiger partial charge in [-0.05, 0) is 44.5 Å². The fraction of sp³-hybridized carbons (Fsp3) is 0.556. The summed E-state index contributed by atoms with van der Waals surface area (Å²) in [6.45, 7) is 3.04. The molecule has 0 amide bonds. The number of aromatic nitrogens is 2. The number of hydrogen-bond acceptors (Lipinski definition) is 7. The summed E-state index contributed by atoms with van der Waals surface area (Å²) in [7, 11) is 0. The number of oxazole rings is 1. The van der Waals surface area contributed by atoms with E-state index in [-0.39, 0.29) is 6.04 Å². The van der Waals surface area contributed by atoms with E-state index in [0.717, 1.165) is 55.4 Å². The number of piperidine rings is 1. The normalized spacial score (nSPS) is 25.0. The van der Waals surface area contributed by atoms with Gasteiger partial charge in [0.2, 0.25) is 0 Å². The molecule has 4 rings (SSSR count). The van der Waals surface area contributed by atoms with E-state index in [1.54, 1.807) is 12.4 Å². The third kappa shape index (κ3) is 3.84. The van der Waals surface area contributed by atoms with Gasteiger partial charge in [0.15, 0.2) is 11.7 Å². The minimum absolute atomic E-state index is 0.0449. The molecule has 2 aromatic heterocycles. The van der Waals surface area contributed by atoms with Crippen molar-refractivity contribution in [3.63, 3.8) is 0 Å². The van der Waals surface area contributed by atoms with Gasteiger partial charge in [-0.2, -0.15) is 0 Å². The van der Waals surface area contributed by atoms with Crippen molar-refractivity contribution < 1.29 is 14.3 Å². The number of nitrogens with zero attached hydrogens (tertiary/aromatic N) is 2. The van der Waals surface area contributed by atoms with Crippen LogP contribution < -0.4 is 10.6 Å². The Morgan fingerprint density at radius 3 is 2.92 bits per heavy atom. The average molecular weight is 344 g/mol. The van der Waals surface area contributed by atoms with Crippen LogP contribution in [0.3, 0.4) is 0 Å². The van der Waals surface area contributed by atoms with E-state index >= 15 is 0 Å². The second-order valence-electron chi connectivity index (χ2n) is 6.70. The van der Waals surface area contributed by atoms with Gasteiger partial charge >= 0.3 is 0 Å². The first-order valence-corrected chi connectivity index (χ1v) is 8.95. The van der Waals surface area contributed by atoms with Gasteiger partial charge in [-0.15, -0.1) is 0 Å². The SMILES string of the molecule is O[C@@H]1COCC[C@H]1Nc1cc(-c2cnc(C3CCNCC3)o2)ccn1. The number of aliphatic hydroxyl groups excluding tert-OH is 1. The van der Waals surface area contributed by atoms with E-state index in [4.69, 9.17) is 9.15 Å². The number of nitrogens with one attached hydrogen (secondary N) is 2. The van der Waals surface area contributed by atoms with Crippen LogP contribution in [0.4, 0.5) is 5.82 Å². The van der Waals surface area contributed by atoms with Gasteiger partial charge in [0.05, 0.1) is 24.9 Å². The molecule has 134 valence electrons. The number of aliphatic hydroxyl groups is 1. The first kappa shape index (κ1) is 16.5. The Hall–Kier alpha value is -1.96. The Morgan fingerprint density at radius 2 is 2.08 bits per heavy atom. The molecule has 0 aliphatic carbocycles. The van der Waals surface area contributed by atoms with Crippen LogP contribution in [0.2, 0.25) is 0 Å². The molecule has 0 aromatic carbocycles. The molecule has 2 fully saturated rings. The fourth-order valence-corrected chi connectivity index (χ4v) is 3.42. The van der Waals surface area contributed by atoms with Gasteiger partial charge in [-0.3, -0.25) is 0 Å². The molecular weight excluding hydrogens is 320 g/mol. The quantitative estimate of drug-likeness (QED) is 0.778. The summed E-state index contributed by atoms with van der Waals surface area (Å²) in [5.74, 6) is 2.70. The summed E-state index contributed by atoms with van der Waals surface area (Å²) < 4.78 is 11.3. The molecule has 0 unspecified atom stereocenters. The van der Waals surface area contributed by atoms with E-state index < -0.39 is 6.10 Å². The van der Waals surface area contributed by atoms with Crippen LogP contribution in [0.15, 0.2) is 28.9 Å². The van der Waals surface area contributed by atoms with Crippen LogP contribution in [-0.4, -0.2) is 53.5 Å². The van der Waals surface area contributed by atoms with Crippen LogP contribution in [-0.2, 0) is 4.74 Å². The Labute approximate surface area is 146 Å². The zero-order valence-corrected chi connectivity index (χ0v) is 14.1. The van der Waals surface area contributed by atoms with Gasteiger partial charge in [0.1, 0.15) is 5.82 Å². The molecule has 0 saturated carbocycles. The Morgan fingerprint density at radius 1 is 1.20 bits per heavy atom. The van der Waals surface area contributed by atoms with Gasteiger partial charge in [-0.25, -0.2) is 9.97 Å². The van der Waals surface area contributed by atoms with Crippen LogP contribution in [0.1, 0.15) is 31.1 Å².